The number of rotatable bonds is 7. The Morgan fingerprint density at radius 3 is 2.38 bits per heavy atom. The molecule has 0 N–H and O–H groups in total. The van der Waals surface area contributed by atoms with Gasteiger partial charge in [0.25, 0.3) is 0 Å². The Morgan fingerprint density at radius 2 is 2.00 bits per heavy atom. The Balaban J connectivity index is 4.23. The normalized spacial score (nSPS) is 12.3. The molecule has 0 aliphatic heterocycles. The van der Waals surface area contributed by atoms with Gasteiger partial charge in [0.15, 0.2) is 0 Å². The molecule has 0 bridgehead atoms. The van der Waals surface area contributed by atoms with E-state index in [2.05, 4.69) is 15.9 Å². The highest BCUT2D eigenvalue weighted by Gasteiger charge is 2.18. The first-order valence-electron chi connectivity index (χ1n) is 4.11. The van der Waals surface area contributed by atoms with Gasteiger partial charge >= 0.3 is 0 Å². The van der Waals surface area contributed by atoms with Crippen molar-refractivity contribution in [2.45, 2.75) is 6.92 Å². The van der Waals surface area contributed by atoms with Crippen LogP contribution >= 0.6 is 15.9 Å². The standard InChI is InChI=1S/C7H16BrNO3S/c1-3-13(10,11)9(5-4-8)6-7-12-2/h3-7H2,1-2H3. The first-order chi connectivity index (χ1) is 6.08. The SMILES string of the molecule is CCS(=O)(=O)N(CCBr)CCOC. The highest BCUT2D eigenvalue weighted by Crippen LogP contribution is 2.01. The third-order valence-electron chi connectivity index (χ3n) is 1.64. The van der Waals surface area contributed by atoms with Crippen molar-refractivity contribution in [2.24, 2.45) is 0 Å². The summed E-state index contributed by atoms with van der Waals surface area (Å²) in [4.78, 5) is 0. The molecule has 0 spiro atoms. The number of methoxy groups -OCH3 is 1. The Labute approximate surface area is 88.4 Å². The quantitative estimate of drug-likeness (QED) is 0.641. The molecule has 0 aromatic heterocycles. The van der Waals surface area contributed by atoms with Crippen LogP contribution in [0, 0.1) is 0 Å². The summed E-state index contributed by atoms with van der Waals surface area (Å²) >= 11 is 3.22. The first-order valence-corrected chi connectivity index (χ1v) is 6.84. The van der Waals surface area contributed by atoms with Crippen LogP contribution < -0.4 is 0 Å². The van der Waals surface area contributed by atoms with E-state index in [-0.39, 0.29) is 5.75 Å². The van der Waals surface area contributed by atoms with Gasteiger partial charge in [0.05, 0.1) is 12.4 Å². The summed E-state index contributed by atoms with van der Waals surface area (Å²) in [5.74, 6) is 0.143. The minimum absolute atomic E-state index is 0.143. The van der Waals surface area contributed by atoms with Gasteiger partial charge in [0.1, 0.15) is 0 Å². The summed E-state index contributed by atoms with van der Waals surface area (Å²) in [6.45, 7) is 3.01. The van der Waals surface area contributed by atoms with Crippen molar-refractivity contribution in [1.82, 2.24) is 4.31 Å². The lowest BCUT2D eigenvalue weighted by Gasteiger charge is -2.19. The van der Waals surface area contributed by atoms with Crippen molar-refractivity contribution in [3.8, 4) is 0 Å². The van der Waals surface area contributed by atoms with Crippen molar-refractivity contribution in [3.63, 3.8) is 0 Å². The van der Waals surface area contributed by atoms with E-state index in [4.69, 9.17) is 4.74 Å². The molecule has 0 amide bonds. The number of ether oxygens (including phenoxy) is 1. The minimum atomic E-state index is -3.07. The maximum Gasteiger partial charge on any atom is 0.213 e. The van der Waals surface area contributed by atoms with E-state index >= 15 is 0 Å². The molecular formula is C7H16BrNO3S. The Bertz CT molecular complexity index is 218. The van der Waals surface area contributed by atoms with Crippen LogP contribution in [0.4, 0.5) is 0 Å². The van der Waals surface area contributed by atoms with Crippen LogP contribution in [0.5, 0.6) is 0 Å². The van der Waals surface area contributed by atoms with Crippen LogP contribution in [0.25, 0.3) is 0 Å². The molecular weight excluding hydrogens is 258 g/mol. The molecule has 0 unspecified atom stereocenters. The zero-order valence-corrected chi connectivity index (χ0v) is 10.4. The van der Waals surface area contributed by atoms with Crippen LogP contribution in [-0.2, 0) is 14.8 Å². The molecule has 4 nitrogen and oxygen atoms in total. The van der Waals surface area contributed by atoms with Crippen molar-refractivity contribution in [1.29, 1.82) is 0 Å². The van der Waals surface area contributed by atoms with Gasteiger partial charge in [-0.1, -0.05) is 15.9 Å². The predicted molar refractivity (Wildman–Crippen MR) is 56.7 cm³/mol. The number of alkyl halides is 1. The number of hydrogen-bond donors (Lipinski definition) is 0. The second-order valence-electron chi connectivity index (χ2n) is 2.48. The van der Waals surface area contributed by atoms with Gasteiger partial charge in [-0.3, -0.25) is 0 Å². The monoisotopic (exact) mass is 273 g/mol. The highest BCUT2D eigenvalue weighted by atomic mass is 79.9. The largest absolute Gasteiger partial charge is 0.383 e. The third kappa shape index (κ3) is 4.95. The fourth-order valence-corrected chi connectivity index (χ4v) is 2.61. The molecule has 0 aliphatic carbocycles. The van der Waals surface area contributed by atoms with Crippen molar-refractivity contribution >= 4 is 26.0 Å². The lowest BCUT2D eigenvalue weighted by molar-refractivity contribution is 0.181. The lowest BCUT2D eigenvalue weighted by Crippen LogP contribution is -2.36. The van der Waals surface area contributed by atoms with E-state index in [1.54, 1.807) is 14.0 Å². The highest BCUT2D eigenvalue weighted by molar-refractivity contribution is 9.09. The molecule has 13 heavy (non-hydrogen) atoms. The molecule has 0 atom stereocenters. The fourth-order valence-electron chi connectivity index (χ4n) is 0.860. The van der Waals surface area contributed by atoms with E-state index in [1.165, 1.54) is 4.31 Å². The van der Waals surface area contributed by atoms with E-state index in [1.807, 2.05) is 0 Å². The minimum Gasteiger partial charge on any atom is -0.383 e. The third-order valence-corrected chi connectivity index (χ3v) is 3.87. The molecule has 0 fully saturated rings. The summed E-state index contributed by atoms with van der Waals surface area (Å²) in [5.41, 5.74) is 0. The molecule has 80 valence electrons. The van der Waals surface area contributed by atoms with Gasteiger partial charge in [-0.25, -0.2) is 8.42 Å². The van der Waals surface area contributed by atoms with E-state index in [0.717, 1.165) is 0 Å². The fraction of sp³-hybridized carbons (Fsp3) is 1.00. The molecule has 0 radical (unpaired) electrons. The molecule has 6 heteroatoms. The van der Waals surface area contributed by atoms with Crippen molar-refractivity contribution in [2.75, 3.05) is 37.9 Å². The van der Waals surface area contributed by atoms with Gasteiger partial charge in [-0.15, -0.1) is 0 Å². The molecule has 0 saturated carbocycles. The van der Waals surface area contributed by atoms with Crippen LogP contribution in [0.1, 0.15) is 6.92 Å². The predicted octanol–water partition coefficient (Wildman–Crippen LogP) is 0.679. The summed E-state index contributed by atoms with van der Waals surface area (Å²) in [6, 6.07) is 0. The van der Waals surface area contributed by atoms with Crippen molar-refractivity contribution < 1.29 is 13.2 Å². The molecule has 0 aliphatic rings. The summed E-state index contributed by atoms with van der Waals surface area (Å²) in [6.07, 6.45) is 0. The van der Waals surface area contributed by atoms with Crippen LogP contribution in [-0.4, -0.2) is 50.6 Å². The maximum atomic E-state index is 11.4. The topological polar surface area (TPSA) is 46.6 Å². The molecule has 0 saturated heterocycles. The number of halogens is 1. The van der Waals surface area contributed by atoms with Crippen LogP contribution in [0.15, 0.2) is 0 Å². The van der Waals surface area contributed by atoms with E-state index in [0.29, 0.717) is 25.0 Å². The van der Waals surface area contributed by atoms with Gasteiger partial charge in [-0.05, 0) is 6.92 Å². The number of sulfonamides is 1. The Hall–Kier alpha value is 0.350. The molecule has 0 heterocycles. The average Bonchev–Trinajstić information content (AvgIpc) is 2.12. The van der Waals surface area contributed by atoms with E-state index in [9.17, 15) is 8.42 Å². The molecule has 0 aromatic carbocycles. The van der Waals surface area contributed by atoms with Gasteiger partial charge in [0.2, 0.25) is 10.0 Å². The number of nitrogens with zero attached hydrogens (tertiary/aromatic N) is 1. The van der Waals surface area contributed by atoms with Crippen LogP contribution in [0.2, 0.25) is 0 Å². The number of hydrogen-bond acceptors (Lipinski definition) is 3. The van der Waals surface area contributed by atoms with Gasteiger partial charge in [0, 0.05) is 25.5 Å². The van der Waals surface area contributed by atoms with Gasteiger partial charge < -0.3 is 4.74 Å². The van der Waals surface area contributed by atoms with E-state index < -0.39 is 10.0 Å². The molecule has 0 aromatic rings. The maximum absolute atomic E-state index is 11.4. The van der Waals surface area contributed by atoms with Crippen LogP contribution in [0.3, 0.4) is 0 Å². The zero-order valence-electron chi connectivity index (χ0n) is 7.99. The second-order valence-corrected chi connectivity index (χ2v) is 5.53. The average molecular weight is 274 g/mol. The van der Waals surface area contributed by atoms with Gasteiger partial charge in [-0.2, -0.15) is 4.31 Å². The zero-order chi connectivity index (χ0) is 10.3. The Kier molecular flexibility index (Phi) is 6.93. The summed E-state index contributed by atoms with van der Waals surface area (Å²) in [5, 5.41) is 0.649. The summed E-state index contributed by atoms with van der Waals surface area (Å²) < 4.78 is 29.2. The second kappa shape index (κ2) is 6.75. The lowest BCUT2D eigenvalue weighted by atomic mass is 10.6. The van der Waals surface area contributed by atoms with Crippen molar-refractivity contribution in [3.05, 3.63) is 0 Å². The molecule has 0 rings (SSSR count). The summed E-state index contributed by atoms with van der Waals surface area (Å²) in [7, 11) is -1.51. The smallest absolute Gasteiger partial charge is 0.213 e. The Morgan fingerprint density at radius 1 is 1.38 bits per heavy atom. The first kappa shape index (κ1) is 13.4.